The molecule has 2 aromatic rings. The fraction of sp³-hybridized carbons (Fsp3) is 0.538. The summed E-state index contributed by atoms with van der Waals surface area (Å²) in [5, 5.41) is 24.5. The highest BCUT2D eigenvalue weighted by molar-refractivity contribution is 7.16. The van der Waals surface area contributed by atoms with Crippen molar-refractivity contribution in [2.45, 2.75) is 13.3 Å². The van der Waals surface area contributed by atoms with Crippen LogP contribution in [0.25, 0.3) is 10.2 Å². The van der Waals surface area contributed by atoms with Gasteiger partial charge < -0.3 is 20.4 Å². The third-order valence-corrected chi connectivity index (χ3v) is 3.68. The molecule has 0 aromatic carbocycles. The molecule has 2 heterocycles. The van der Waals surface area contributed by atoms with Crippen molar-refractivity contribution in [1.82, 2.24) is 9.97 Å². The van der Waals surface area contributed by atoms with Crippen LogP contribution in [0.15, 0.2) is 11.4 Å². The number of nitrogens with one attached hydrogen (secondary N) is 1. The molecule has 2 aromatic heterocycles. The summed E-state index contributed by atoms with van der Waals surface area (Å²) in [4.78, 5) is 11.8. The third-order valence-electron chi connectivity index (χ3n) is 2.88. The molecule has 0 saturated heterocycles. The Bertz CT molecular complexity index is 540. The van der Waals surface area contributed by atoms with Gasteiger partial charge in [-0.05, 0) is 17.9 Å². The van der Waals surface area contributed by atoms with Crippen molar-refractivity contribution in [2.75, 3.05) is 43.1 Å². The predicted molar refractivity (Wildman–Crippen MR) is 82.6 cm³/mol. The van der Waals surface area contributed by atoms with Crippen molar-refractivity contribution < 1.29 is 10.2 Å². The Morgan fingerprint density at radius 3 is 2.65 bits per heavy atom. The van der Waals surface area contributed by atoms with Gasteiger partial charge in [0.15, 0.2) is 0 Å². The van der Waals surface area contributed by atoms with E-state index in [1.165, 1.54) is 0 Å². The molecule has 110 valence electrons. The minimum absolute atomic E-state index is 0.0212. The van der Waals surface area contributed by atoms with Crippen molar-refractivity contribution in [3.63, 3.8) is 0 Å². The van der Waals surface area contributed by atoms with Crippen LogP contribution in [0.2, 0.25) is 0 Å². The Hall–Kier alpha value is -1.44. The van der Waals surface area contributed by atoms with Gasteiger partial charge in [0.25, 0.3) is 0 Å². The van der Waals surface area contributed by atoms with E-state index in [0.717, 1.165) is 29.0 Å². The molecule has 0 bridgehead atoms. The Morgan fingerprint density at radius 1 is 1.25 bits per heavy atom. The van der Waals surface area contributed by atoms with Gasteiger partial charge in [-0.3, -0.25) is 0 Å². The molecule has 0 saturated carbocycles. The van der Waals surface area contributed by atoms with Crippen LogP contribution < -0.4 is 10.2 Å². The van der Waals surface area contributed by atoms with E-state index >= 15 is 0 Å². The molecule has 0 spiro atoms. The molecule has 0 fully saturated rings. The van der Waals surface area contributed by atoms with Gasteiger partial charge in [-0.2, -0.15) is 4.98 Å². The predicted octanol–water partition coefficient (Wildman–Crippen LogP) is 1.30. The topological polar surface area (TPSA) is 81.5 Å². The van der Waals surface area contributed by atoms with Gasteiger partial charge in [0.1, 0.15) is 10.6 Å². The largest absolute Gasteiger partial charge is 0.395 e. The first-order valence-electron chi connectivity index (χ1n) is 6.76. The lowest BCUT2D eigenvalue weighted by molar-refractivity contribution is 0.281. The van der Waals surface area contributed by atoms with Crippen LogP contribution in [0, 0.1) is 0 Å². The van der Waals surface area contributed by atoms with E-state index in [2.05, 4.69) is 22.2 Å². The van der Waals surface area contributed by atoms with Gasteiger partial charge in [0.05, 0.1) is 18.6 Å². The second-order valence-electron chi connectivity index (χ2n) is 4.37. The first kappa shape index (κ1) is 15.0. The van der Waals surface area contributed by atoms with Crippen molar-refractivity contribution in [2.24, 2.45) is 0 Å². The van der Waals surface area contributed by atoms with E-state index in [1.807, 2.05) is 16.3 Å². The molecule has 7 heteroatoms. The number of hydrogen-bond donors (Lipinski definition) is 3. The average molecular weight is 296 g/mol. The van der Waals surface area contributed by atoms with E-state index in [9.17, 15) is 10.2 Å². The van der Waals surface area contributed by atoms with Gasteiger partial charge in [0, 0.05) is 19.6 Å². The minimum Gasteiger partial charge on any atom is -0.395 e. The number of fused-ring (bicyclic) bond motifs is 1. The smallest absolute Gasteiger partial charge is 0.226 e. The lowest BCUT2D eigenvalue weighted by atomic mass is 10.3. The maximum absolute atomic E-state index is 9.18. The molecule has 0 aliphatic heterocycles. The summed E-state index contributed by atoms with van der Waals surface area (Å²) in [6.45, 7) is 3.82. The lowest BCUT2D eigenvalue weighted by Crippen LogP contribution is -2.30. The highest BCUT2D eigenvalue weighted by atomic mass is 32.1. The lowest BCUT2D eigenvalue weighted by Gasteiger charge is -2.23. The first-order chi connectivity index (χ1) is 9.80. The van der Waals surface area contributed by atoms with E-state index < -0.39 is 0 Å². The molecular formula is C13H20N4O2S. The zero-order chi connectivity index (χ0) is 14.4. The molecule has 0 unspecified atom stereocenters. The van der Waals surface area contributed by atoms with Crippen molar-refractivity contribution in [3.05, 3.63) is 11.4 Å². The van der Waals surface area contributed by atoms with Crippen LogP contribution in [0.5, 0.6) is 0 Å². The molecule has 2 rings (SSSR count). The summed E-state index contributed by atoms with van der Waals surface area (Å²) < 4.78 is 0. The Morgan fingerprint density at radius 2 is 2.00 bits per heavy atom. The minimum atomic E-state index is 0.0212. The highest BCUT2D eigenvalue weighted by Gasteiger charge is 2.14. The van der Waals surface area contributed by atoms with Gasteiger partial charge >= 0.3 is 0 Å². The van der Waals surface area contributed by atoms with Crippen LogP contribution in [0.4, 0.5) is 11.8 Å². The summed E-state index contributed by atoms with van der Waals surface area (Å²) in [6.07, 6.45) is 0.998. The molecular weight excluding hydrogens is 276 g/mol. The van der Waals surface area contributed by atoms with Crippen LogP contribution in [0.3, 0.4) is 0 Å². The molecule has 20 heavy (non-hydrogen) atoms. The number of nitrogens with zero attached hydrogens (tertiary/aromatic N) is 3. The van der Waals surface area contributed by atoms with Gasteiger partial charge in [-0.15, -0.1) is 11.3 Å². The zero-order valence-corrected chi connectivity index (χ0v) is 12.4. The highest BCUT2D eigenvalue weighted by Crippen LogP contribution is 2.28. The van der Waals surface area contributed by atoms with E-state index in [4.69, 9.17) is 0 Å². The van der Waals surface area contributed by atoms with Crippen LogP contribution in [0.1, 0.15) is 13.3 Å². The Labute approximate surface area is 122 Å². The van der Waals surface area contributed by atoms with Crippen molar-refractivity contribution in [3.8, 4) is 0 Å². The van der Waals surface area contributed by atoms with Crippen molar-refractivity contribution in [1.29, 1.82) is 0 Å². The standard InChI is InChI=1S/C13H20N4O2S/c1-2-4-14-13-15-11(17(5-7-18)6-8-19)10-3-9-20-12(10)16-13/h3,9,18-19H,2,4-8H2,1H3,(H,14,15,16). The summed E-state index contributed by atoms with van der Waals surface area (Å²) in [5.74, 6) is 1.36. The van der Waals surface area contributed by atoms with Crippen molar-refractivity contribution >= 4 is 33.3 Å². The van der Waals surface area contributed by atoms with Crippen LogP contribution in [-0.4, -0.2) is 53.0 Å². The summed E-state index contributed by atoms with van der Waals surface area (Å²) in [5.41, 5.74) is 0. The number of hydrogen-bond acceptors (Lipinski definition) is 7. The molecule has 0 aliphatic rings. The number of aromatic nitrogens is 2. The van der Waals surface area contributed by atoms with Crippen LogP contribution in [-0.2, 0) is 0 Å². The maximum Gasteiger partial charge on any atom is 0.226 e. The summed E-state index contributed by atoms with van der Waals surface area (Å²) >= 11 is 1.56. The third kappa shape index (κ3) is 3.36. The number of aliphatic hydroxyl groups is 2. The van der Waals surface area contributed by atoms with E-state index in [-0.39, 0.29) is 13.2 Å². The number of rotatable bonds is 8. The fourth-order valence-electron chi connectivity index (χ4n) is 1.96. The van der Waals surface area contributed by atoms with E-state index in [0.29, 0.717) is 19.0 Å². The molecule has 0 atom stereocenters. The molecule has 3 N–H and O–H groups in total. The summed E-state index contributed by atoms with van der Waals surface area (Å²) in [6, 6.07) is 1.97. The molecule has 0 radical (unpaired) electrons. The van der Waals surface area contributed by atoms with Gasteiger partial charge in [-0.1, -0.05) is 6.92 Å². The Balaban J connectivity index is 2.39. The summed E-state index contributed by atoms with van der Waals surface area (Å²) in [7, 11) is 0. The van der Waals surface area contributed by atoms with Crippen LogP contribution >= 0.6 is 11.3 Å². The number of anilines is 2. The second kappa shape index (κ2) is 7.37. The first-order valence-corrected chi connectivity index (χ1v) is 7.64. The molecule has 6 nitrogen and oxygen atoms in total. The van der Waals surface area contributed by atoms with Gasteiger partial charge in [-0.25, -0.2) is 4.98 Å². The normalized spacial score (nSPS) is 10.9. The quantitative estimate of drug-likeness (QED) is 0.681. The SMILES string of the molecule is CCCNc1nc(N(CCO)CCO)c2ccsc2n1. The molecule has 0 amide bonds. The number of aliphatic hydroxyl groups excluding tert-OH is 2. The van der Waals surface area contributed by atoms with Gasteiger partial charge in [0.2, 0.25) is 5.95 Å². The second-order valence-corrected chi connectivity index (χ2v) is 5.27. The zero-order valence-electron chi connectivity index (χ0n) is 11.5. The number of thiophene rings is 1. The molecule has 0 aliphatic carbocycles. The Kier molecular flexibility index (Phi) is 5.51. The fourth-order valence-corrected chi connectivity index (χ4v) is 2.72. The maximum atomic E-state index is 9.18. The average Bonchev–Trinajstić information content (AvgIpc) is 2.92. The van der Waals surface area contributed by atoms with E-state index in [1.54, 1.807) is 11.3 Å². The monoisotopic (exact) mass is 296 g/mol.